The molecule has 0 radical (unpaired) electrons. The van der Waals surface area contributed by atoms with Gasteiger partial charge in [0.15, 0.2) is 5.82 Å². The first kappa shape index (κ1) is 9.32. The standard InChI is InChI=1S/C9H10N4O2/c1-13-9(10)11-8(12-13)7-5(14)3-2-4-6(7)15/h2-4,14-15H,1H3,(H2,10,11,12). The minimum Gasteiger partial charge on any atom is -0.507 e. The van der Waals surface area contributed by atoms with Crippen LogP contribution in [-0.4, -0.2) is 25.0 Å². The molecule has 2 aromatic rings. The predicted molar refractivity (Wildman–Crippen MR) is 54.2 cm³/mol. The summed E-state index contributed by atoms with van der Waals surface area (Å²) in [6, 6.07) is 4.42. The molecule has 0 aliphatic rings. The van der Waals surface area contributed by atoms with E-state index < -0.39 is 0 Å². The average molecular weight is 206 g/mol. The first-order chi connectivity index (χ1) is 7.09. The number of nitrogen functional groups attached to an aromatic ring is 1. The molecule has 78 valence electrons. The third kappa shape index (κ3) is 1.45. The summed E-state index contributed by atoms with van der Waals surface area (Å²) in [6.45, 7) is 0. The van der Waals surface area contributed by atoms with Gasteiger partial charge < -0.3 is 15.9 Å². The van der Waals surface area contributed by atoms with Crippen molar-refractivity contribution >= 4 is 5.95 Å². The van der Waals surface area contributed by atoms with Crippen LogP contribution < -0.4 is 5.73 Å². The Balaban J connectivity index is 2.63. The average Bonchev–Trinajstić information content (AvgIpc) is 2.46. The molecule has 0 aliphatic heterocycles. The van der Waals surface area contributed by atoms with Crippen molar-refractivity contribution in [1.29, 1.82) is 0 Å². The zero-order valence-corrected chi connectivity index (χ0v) is 8.05. The molecule has 1 heterocycles. The van der Waals surface area contributed by atoms with Gasteiger partial charge in [-0.2, -0.15) is 4.98 Å². The number of nitrogens with two attached hydrogens (primary N) is 1. The van der Waals surface area contributed by atoms with Crippen LogP contribution in [-0.2, 0) is 7.05 Å². The Labute approximate surface area is 85.6 Å². The van der Waals surface area contributed by atoms with Gasteiger partial charge in [0.05, 0.1) is 0 Å². The van der Waals surface area contributed by atoms with Crippen molar-refractivity contribution in [3.8, 4) is 22.9 Å². The summed E-state index contributed by atoms with van der Waals surface area (Å²) in [7, 11) is 1.63. The molecule has 4 N–H and O–H groups in total. The van der Waals surface area contributed by atoms with Gasteiger partial charge in [0.2, 0.25) is 5.95 Å². The van der Waals surface area contributed by atoms with Gasteiger partial charge in [0.1, 0.15) is 17.1 Å². The van der Waals surface area contributed by atoms with Crippen LogP contribution in [0.1, 0.15) is 0 Å². The molecule has 0 saturated heterocycles. The molecule has 0 unspecified atom stereocenters. The molecule has 0 fully saturated rings. The number of benzene rings is 1. The van der Waals surface area contributed by atoms with E-state index in [1.807, 2.05) is 0 Å². The van der Waals surface area contributed by atoms with Crippen LogP contribution in [0.2, 0.25) is 0 Å². The third-order valence-electron chi connectivity index (χ3n) is 2.04. The quantitative estimate of drug-likeness (QED) is 0.630. The second kappa shape index (κ2) is 3.16. The maximum Gasteiger partial charge on any atom is 0.218 e. The number of aromatic hydroxyl groups is 2. The Kier molecular flexibility index (Phi) is 1.96. The summed E-state index contributed by atoms with van der Waals surface area (Å²) < 4.78 is 1.36. The number of anilines is 1. The van der Waals surface area contributed by atoms with Crippen molar-refractivity contribution in [2.45, 2.75) is 0 Å². The topological polar surface area (TPSA) is 97.2 Å². The zero-order valence-electron chi connectivity index (χ0n) is 8.05. The van der Waals surface area contributed by atoms with Crippen molar-refractivity contribution in [3.63, 3.8) is 0 Å². The van der Waals surface area contributed by atoms with Crippen molar-refractivity contribution < 1.29 is 10.2 Å². The molecule has 15 heavy (non-hydrogen) atoms. The molecule has 1 aromatic carbocycles. The fourth-order valence-corrected chi connectivity index (χ4v) is 1.26. The number of hydrogen-bond acceptors (Lipinski definition) is 5. The molecule has 0 amide bonds. The monoisotopic (exact) mass is 206 g/mol. The van der Waals surface area contributed by atoms with E-state index in [1.54, 1.807) is 7.05 Å². The van der Waals surface area contributed by atoms with Gasteiger partial charge >= 0.3 is 0 Å². The summed E-state index contributed by atoms with van der Waals surface area (Å²) >= 11 is 0. The van der Waals surface area contributed by atoms with E-state index in [0.717, 1.165) is 0 Å². The number of hydrogen-bond donors (Lipinski definition) is 3. The second-order valence-corrected chi connectivity index (χ2v) is 3.09. The lowest BCUT2D eigenvalue weighted by atomic mass is 10.1. The van der Waals surface area contributed by atoms with E-state index in [-0.39, 0.29) is 28.8 Å². The Morgan fingerprint density at radius 2 is 1.87 bits per heavy atom. The van der Waals surface area contributed by atoms with Crippen molar-refractivity contribution in [2.24, 2.45) is 7.05 Å². The van der Waals surface area contributed by atoms with Crippen molar-refractivity contribution in [1.82, 2.24) is 14.8 Å². The van der Waals surface area contributed by atoms with Gasteiger partial charge in [-0.15, -0.1) is 5.10 Å². The van der Waals surface area contributed by atoms with Crippen LogP contribution in [0.15, 0.2) is 18.2 Å². The van der Waals surface area contributed by atoms with E-state index in [0.29, 0.717) is 0 Å². The van der Waals surface area contributed by atoms with Crippen LogP contribution >= 0.6 is 0 Å². The normalized spacial score (nSPS) is 10.5. The molecule has 0 aliphatic carbocycles. The molecule has 6 heteroatoms. The number of aryl methyl sites for hydroxylation is 1. The van der Waals surface area contributed by atoms with Crippen molar-refractivity contribution in [2.75, 3.05) is 5.73 Å². The molecule has 0 spiro atoms. The summed E-state index contributed by atoms with van der Waals surface area (Å²) in [4.78, 5) is 3.91. The van der Waals surface area contributed by atoms with Crippen LogP contribution in [0.4, 0.5) is 5.95 Å². The molecule has 0 atom stereocenters. The summed E-state index contributed by atoms with van der Waals surface area (Å²) in [5, 5.41) is 23.1. The molecule has 1 aromatic heterocycles. The molecule has 0 saturated carbocycles. The maximum atomic E-state index is 9.55. The van der Waals surface area contributed by atoms with Gasteiger partial charge in [0.25, 0.3) is 0 Å². The second-order valence-electron chi connectivity index (χ2n) is 3.09. The molecular weight excluding hydrogens is 196 g/mol. The molecule has 0 bridgehead atoms. The molecule has 2 rings (SSSR count). The summed E-state index contributed by atoms with van der Waals surface area (Å²) in [5.41, 5.74) is 5.69. The first-order valence-corrected chi connectivity index (χ1v) is 4.27. The third-order valence-corrected chi connectivity index (χ3v) is 2.04. The minimum atomic E-state index is -0.0828. The SMILES string of the molecule is Cn1nc(-c2c(O)cccc2O)nc1N. The Bertz CT molecular complexity index is 467. The first-order valence-electron chi connectivity index (χ1n) is 4.27. The fourth-order valence-electron chi connectivity index (χ4n) is 1.26. The lowest BCUT2D eigenvalue weighted by molar-refractivity contribution is 0.453. The van der Waals surface area contributed by atoms with Gasteiger partial charge in [-0.3, -0.25) is 0 Å². The zero-order chi connectivity index (χ0) is 11.0. The highest BCUT2D eigenvalue weighted by atomic mass is 16.3. The van der Waals surface area contributed by atoms with E-state index in [1.165, 1.54) is 22.9 Å². The molecular formula is C9H10N4O2. The number of nitrogens with zero attached hydrogens (tertiary/aromatic N) is 3. The van der Waals surface area contributed by atoms with Gasteiger partial charge in [-0.05, 0) is 12.1 Å². The number of rotatable bonds is 1. The Morgan fingerprint density at radius 3 is 2.33 bits per heavy atom. The van der Waals surface area contributed by atoms with E-state index in [9.17, 15) is 10.2 Å². The highest BCUT2D eigenvalue weighted by Gasteiger charge is 2.15. The van der Waals surface area contributed by atoms with Gasteiger partial charge in [-0.25, -0.2) is 4.68 Å². The fraction of sp³-hybridized carbons (Fsp3) is 0.111. The van der Waals surface area contributed by atoms with Crippen LogP contribution in [0.25, 0.3) is 11.4 Å². The Hall–Kier alpha value is -2.24. The minimum absolute atomic E-state index is 0.0828. The Morgan fingerprint density at radius 1 is 1.27 bits per heavy atom. The lowest BCUT2D eigenvalue weighted by Crippen LogP contribution is -1.97. The predicted octanol–water partition coefficient (Wildman–Crippen LogP) is 0.475. The van der Waals surface area contributed by atoms with E-state index in [2.05, 4.69) is 10.1 Å². The number of aromatic nitrogens is 3. The van der Waals surface area contributed by atoms with Crippen LogP contribution in [0, 0.1) is 0 Å². The lowest BCUT2D eigenvalue weighted by Gasteiger charge is -2.01. The van der Waals surface area contributed by atoms with Crippen LogP contribution in [0.3, 0.4) is 0 Å². The summed E-state index contributed by atoms with van der Waals surface area (Å²) in [5.74, 6) is 0.249. The van der Waals surface area contributed by atoms with Crippen molar-refractivity contribution in [3.05, 3.63) is 18.2 Å². The highest BCUT2D eigenvalue weighted by Crippen LogP contribution is 2.34. The molecule has 6 nitrogen and oxygen atoms in total. The van der Waals surface area contributed by atoms with E-state index >= 15 is 0 Å². The number of phenolic OH excluding ortho intramolecular Hbond substituents is 2. The summed E-state index contributed by atoms with van der Waals surface area (Å²) in [6.07, 6.45) is 0. The maximum absolute atomic E-state index is 9.55. The van der Waals surface area contributed by atoms with E-state index in [4.69, 9.17) is 5.73 Å². The number of phenols is 2. The van der Waals surface area contributed by atoms with Gasteiger partial charge in [-0.1, -0.05) is 6.07 Å². The smallest absolute Gasteiger partial charge is 0.218 e. The highest BCUT2D eigenvalue weighted by molar-refractivity contribution is 5.71. The van der Waals surface area contributed by atoms with Crippen LogP contribution in [0.5, 0.6) is 11.5 Å². The van der Waals surface area contributed by atoms with Gasteiger partial charge in [0, 0.05) is 7.05 Å². The largest absolute Gasteiger partial charge is 0.507 e.